The summed E-state index contributed by atoms with van der Waals surface area (Å²) in [4.78, 5) is 12.2. The minimum atomic E-state index is -0.797. The minimum Gasteiger partial charge on any atom is -0.389 e. The summed E-state index contributed by atoms with van der Waals surface area (Å²) in [5.74, 6) is -0.192. The Hall–Kier alpha value is -1.84. The maximum absolute atomic E-state index is 12.2. The second-order valence-corrected chi connectivity index (χ2v) is 5.71. The van der Waals surface area contributed by atoms with Crippen LogP contribution in [0.25, 0.3) is 0 Å². The van der Waals surface area contributed by atoms with E-state index in [2.05, 4.69) is 5.32 Å². The Morgan fingerprint density at radius 1 is 1.10 bits per heavy atom. The number of nitrogens with one attached hydrogen (secondary N) is 1. The monoisotopic (exact) mass is 301 g/mol. The predicted octanol–water partition coefficient (Wildman–Crippen LogP) is 2.68. The maximum Gasteiger partial charge on any atom is 0.251 e. The number of benzene rings is 2. The summed E-state index contributed by atoms with van der Waals surface area (Å²) in [6.45, 7) is 0. The molecule has 0 heterocycles. The summed E-state index contributed by atoms with van der Waals surface area (Å²) in [6, 6.07) is 16.3. The average Bonchev–Trinajstić information content (AvgIpc) is 2.53. The van der Waals surface area contributed by atoms with Crippen molar-refractivity contribution in [1.29, 1.82) is 0 Å². The fraction of sp³-hybridized carbons (Fsp3) is 0.235. The Kier molecular flexibility index (Phi) is 3.95. The first kappa shape index (κ1) is 14.1. The number of aliphatic hydroxyl groups excluding tert-OH is 1. The van der Waals surface area contributed by atoms with Crippen molar-refractivity contribution >= 4 is 17.5 Å². The number of hydrogen-bond donors (Lipinski definition) is 2. The van der Waals surface area contributed by atoms with Crippen LogP contribution in [0, 0.1) is 0 Å². The van der Waals surface area contributed by atoms with Crippen LogP contribution in [0.15, 0.2) is 54.6 Å². The third kappa shape index (κ3) is 2.80. The van der Waals surface area contributed by atoms with Crippen LogP contribution in [0.5, 0.6) is 0 Å². The van der Waals surface area contributed by atoms with Gasteiger partial charge in [0, 0.05) is 5.56 Å². The molecular formula is C17H16ClNO2. The number of fused-ring (bicyclic) bond motifs is 1. The summed E-state index contributed by atoms with van der Waals surface area (Å²) in [6.07, 6.45) is -0.215. The van der Waals surface area contributed by atoms with E-state index < -0.39 is 11.5 Å². The molecule has 0 saturated heterocycles. The standard InChI is InChI=1S/C17H16ClNO2/c18-15-13-9-5-4-8-12(13)10-14(16(15)20)19-17(21)11-6-2-1-3-7-11/h1-9,14-16,20H,10H2,(H,19,21)/t14-,15-,16+/m1/s1. The van der Waals surface area contributed by atoms with Crippen LogP contribution in [0.3, 0.4) is 0 Å². The van der Waals surface area contributed by atoms with Gasteiger partial charge in [-0.3, -0.25) is 4.79 Å². The van der Waals surface area contributed by atoms with Gasteiger partial charge in [0.2, 0.25) is 0 Å². The molecule has 21 heavy (non-hydrogen) atoms. The molecule has 0 spiro atoms. The lowest BCUT2D eigenvalue weighted by atomic mass is 9.85. The van der Waals surface area contributed by atoms with E-state index in [1.807, 2.05) is 42.5 Å². The number of carbonyl (C=O) groups is 1. The van der Waals surface area contributed by atoms with Gasteiger partial charge in [-0.1, -0.05) is 42.5 Å². The molecule has 0 aromatic heterocycles. The topological polar surface area (TPSA) is 49.3 Å². The molecule has 0 unspecified atom stereocenters. The van der Waals surface area contributed by atoms with Crippen molar-refractivity contribution in [3.63, 3.8) is 0 Å². The fourth-order valence-corrected chi connectivity index (χ4v) is 3.10. The van der Waals surface area contributed by atoms with Gasteiger partial charge in [-0.15, -0.1) is 11.6 Å². The average molecular weight is 302 g/mol. The lowest BCUT2D eigenvalue weighted by molar-refractivity contribution is 0.0803. The van der Waals surface area contributed by atoms with Crippen LogP contribution in [-0.4, -0.2) is 23.2 Å². The Bertz CT molecular complexity index is 644. The van der Waals surface area contributed by atoms with Crippen molar-refractivity contribution in [3.8, 4) is 0 Å². The normalized spacial score (nSPS) is 24.2. The van der Waals surface area contributed by atoms with Crippen LogP contribution in [0.2, 0.25) is 0 Å². The molecule has 2 N–H and O–H groups in total. The zero-order valence-corrected chi connectivity index (χ0v) is 12.1. The van der Waals surface area contributed by atoms with Crippen molar-refractivity contribution in [2.24, 2.45) is 0 Å². The van der Waals surface area contributed by atoms with Crippen molar-refractivity contribution in [1.82, 2.24) is 5.32 Å². The van der Waals surface area contributed by atoms with Crippen LogP contribution in [0.4, 0.5) is 0 Å². The lowest BCUT2D eigenvalue weighted by Crippen LogP contribution is -2.48. The summed E-state index contributed by atoms with van der Waals surface area (Å²) >= 11 is 6.32. The number of rotatable bonds is 2. The van der Waals surface area contributed by atoms with E-state index in [0.29, 0.717) is 12.0 Å². The van der Waals surface area contributed by atoms with Gasteiger partial charge < -0.3 is 10.4 Å². The summed E-state index contributed by atoms with van der Waals surface area (Å²) in [5.41, 5.74) is 2.59. The SMILES string of the molecule is O=C(N[C@@H]1Cc2ccccc2[C@@H](Cl)[C@H]1O)c1ccccc1. The van der Waals surface area contributed by atoms with E-state index in [1.165, 1.54) is 0 Å². The molecule has 3 atom stereocenters. The largest absolute Gasteiger partial charge is 0.389 e. The molecule has 1 aliphatic rings. The summed E-state index contributed by atoms with van der Waals surface area (Å²) < 4.78 is 0. The molecule has 108 valence electrons. The third-order valence-electron chi connectivity index (χ3n) is 3.86. The lowest BCUT2D eigenvalue weighted by Gasteiger charge is -2.33. The van der Waals surface area contributed by atoms with Crippen molar-refractivity contribution in [3.05, 3.63) is 71.3 Å². The quantitative estimate of drug-likeness (QED) is 0.838. The fourth-order valence-electron chi connectivity index (χ4n) is 2.71. The number of aliphatic hydroxyl groups is 1. The van der Waals surface area contributed by atoms with Crippen LogP contribution < -0.4 is 5.32 Å². The first-order chi connectivity index (χ1) is 10.2. The molecule has 3 nitrogen and oxygen atoms in total. The van der Waals surface area contributed by atoms with Gasteiger partial charge in [-0.25, -0.2) is 0 Å². The Morgan fingerprint density at radius 2 is 1.76 bits per heavy atom. The number of amides is 1. The van der Waals surface area contributed by atoms with Crippen molar-refractivity contribution in [2.45, 2.75) is 23.9 Å². The van der Waals surface area contributed by atoms with E-state index in [-0.39, 0.29) is 11.9 Å². The minimum absolute atomic E-state index is 0.192. The van der Waals surface area contributed by atoms with Gasteiger partial charge in [0.25, 0.3) is 5.91 Å². The molecule has 0 fully saturated rings. The van der Waals surface area contributed by atoms with E-state index in [1.54, 1.807) is 12.1 Å². The van der Waals surface area contributed by atoms with Gasteiger partial charge in [-0.2, -0.15) is 0 Å². The molecule has 0 radical (unpaired) electrons. The number of halogens is 1. The molecule has 0 aliphatic heterocycles. The maximum atomic E-state index is 12.2. The molecule has 1 aliphatic carbocycles. The number of alkyl halides is 1. The molecule has 4 heteroatoms. The second kappa shape index (κ2) is 5.88. The Labute approximate surface area is 128 Å². The smallest absolute Gasteiger partial charge is 0.251 e. The Morgan fingerprint density at radius 3 is 2.52 bits per heavy atom. The first-order valence-corrected chi connectivity index (χ1v) is 7.36. The molecular weight excluding hydrogens is 286 g/mol. The highest BCUT2D eigenvalue weighted by Gasteiger charge is 2.35. The summed E-state index contributed by atoms with van der Waals surface area (Å²) in [5, 5.41) is 12.7. The van der Waals surface area contributed by atoms with E-state index in [9.17, 15) is 9.90 Å². The molecule has 0 bridgehead atoms. The molecule has 1 amide bonds. The molecule has 2 aromatic carbocycles. The van der Waals surface area contributed by atoms with Crippen LogP contribution in [0.1, 0.15) is 26.9 Å². The zero-order valence-electron chi connectivity index (χ0n) is 11.4. The number of hydrogen-bond acceptors (Lipinski definition) is 2. The highest BCUT2D eigenvalue weighted by Crippen LogP contribution is 2.34. The van der Waals surface area contributed by atoms with Gasteiger partial charge in [0.05, 0.1) is 17.5 Å². The second-order valence-electron chi connectivity index (χ2n) is 5.24. The zero-order chi connectivity index (χ0) is 14.8. The first-order valence-electron chi connectivity index (χ1n) is 6.92. The highest BCUT2D eigenvalue weighted by atomic mass is 35.5. The molecule has 3 rings (SSSR count). The van der Waals surface area contributed by atoms with Gasteiger partial charge in [0.15, 0.2) is 0 Å². The number of carbonyl (C=O) groups excluding carboxylic acids is 1. The van der Waals surface area contributed by atoms with Crippen molar-refractivity contribution < 1.29 is 9.90 Å². The predicted molar refractivity (Wildman–Crippen MR) is 82.4 cm³/mol. The molecule has 2 aromatic rings. The molecule has 0 saturated carbocycles. The van der Waals surface area contributed by atoms with E-state index in [0.717, 1.165) is 11.1 Å². The van der Waals surface area contributed by atoms with Crippen LogP contribution >= 0.6 is 11.6 Å². The summed E-state index contributed by atoms with van der Waals surface area (Å²) in [7, 11) is 0. The van der Waals surface area contributed by atoms with E-state index >= 15 is 0 Å². The highest BCUT2D eigenvalue weighted by molar-refractivity contribution is 6.21. The van der Waals surface area contributed by atoms with Gasteiger partial charge in [0.1, 0.15) is 0 Å². The van der Waals surface area contributed by atoms with Gasteiger partial charge in [-0.05, 0) is 29.7 Å². The van der Waals surface area contributed by atoms with Crippen LogP contribution in [-0.2, 0) is 6.42 Å². The third-order valence-corrected chi connectivity index (χ3v) is 4.35. The van der Waals surface area contributed by atoms with Crippen molar-refractivity contribution in [2.75, 3.05) is 0 Å². The van der Waals surface area contributed by atoms with Gasteiger partial charge >= 0.3 is 0 Å². The van der Waals surface area contributed by atoms with E-state index in [4.69, 9.17) is 11.6 Å². The Balaban J connectivity index is 1.80.